The van der Waals surface area contributed by atoms with Gasteiger partial charge in [0.25, 0.3) is 0 Å². The number of carbonyl (C=O) groups excluding carboxylic acids is 1. The van der Waals surface area contributed by atoms with E-state index in [9.17, 15) is 17.8 Å². The molecule has 8 heteroatoms. The van der Waals surface area contributed by atoms with Crippen molar-refractivity contribution in [3.05, 3.63) is 12.2 Å². The molecule has 0 fully saturated rings. The van der Waals surface area contributed by atoms with E-state index in [0.717, 1.165) is 17.3 Å². The van der Waals surface area contributed by atoms with Crippen LogP contribution < -0.4 is 5.73 Å². The highest BCUT2D eigenvalue weighted by Gasteiger charge is 2.07. The molecule has 0 aromatic rings. The number of hydrogen-bond acceptors (Lipinski definition) is 5. The van der Waals surface area contributed by atoms with Crippen LogP contribution in [0.3, 0.4) is 0 Å². The molecule has 0 unspecified atom stereocenters. The number of hydrogen-bond donors (Lipinski definition) is 1. The van der Waals surface area contributed by atoms with Gasteiger partial charge >= 0.3 is 0 Å². The van der Waals surface area contributed by atoms with E-state index in [0.29, 0.717) is 6.42 Å². The van der Waals surface area contributed by atoms with Crippen molar-refractivity contribution in [2.75, 3.05) is 33.8 Å². The minimum absolute atomic E-state index is 0.0914. The largest absolute Gasteiger partial charge is 0.726 e. The van der Waals surface area contributed by atoms with Gasteiger partial charge in [-0.2, -0.15) is 0 Å². The van der Waals surface area contributed by atoms with Crippen molar-refractivity contribution in [1.82, 2.24) is 0 Å². The molecular weight excluding hydrogens is 464 g/mol. The maximum atomic E-state index is 10.5. The third-order valence-corrected chi connectivity index (χ3v) is 6.16. The van der Waals surface area contributed by atoms with Gasteiger partial charge in [0.2, 0.25) is 16.3 Å². The molecule has 212 valence electrons. The number of quaternary nitrogens is 1. The Morgan fingerprint density at radius 1 is 0.800 bits per heavy atom. The summed E-state index contributed by atoms with van der Waals surface area (Å²) in [7, 11) is 0.111. The van der Waals surface area contributed by atoms with E-state index in [1.807, 2.05) is 0 Å². The second kappa shape index (κ2) is 27.6. The van der Waals surface area contributed by atoms with Crippen LogP contribution >= 0.6 is 0 Å². The maximum Gasteiger partial charge on any atom is 0.217 e. The number of amides is 1. The summed E-state index contributed by atoms with van der Waals surface area (Å²) < 4.78 is 33.2. The highest BCUT2D eigenvalue weighted by molar-refractivity contribution is 7.80. The van der Waals surface area contributed by atoms with Crippen LogP contribution in [0.25, 0.3) is 0 Å². The van der Waals surface area contributed by atoms with Gasteiger partial charge in [-0.25, -0.2) is 8.42 Å². The predicted octanol–water partition coefficient (Wildman–Crippen LogP) is 6.49. The summed E-state index contributed by atoms with van der Waals surface area (Å²) >= 11 is 0. The van der Waals surface area contributed by atoms with Crippen LogP contribution in [0.15, 0.2) is 12.2 Å². The van der Waals surface area contributed by atoms with E-state index >= 15 is 0 Å². The minimum Gasteiger partial charge on any atom is -0.726 e. The topological polar surface area (TPSA) is 110 Å². The molecule has 7 nitrogen and oxygen atoms in total. The van der Waals surface area contributed by atoms with Gasteiger partial charge in [-0.1, -0.05) is 77.4 Å². The SMILES string of the molecule is CCCCCCCC/C=C\CCCCCCCC(N)=O.CCC[N+](C)(C)CC.CCOS(=O)(=O)[O-]. The van der Waals surface area contributed by atoms with Crippen molar-refractivity contribution >= 4 is 16.3 Å². The van der Waals surface area contributed by atoms with Crippen LogP contribution in [-0.2, 0) is 19.4 Å². The van der Waals surface area contributed by atoms with Crippen molar-refractivity contribution < 1.29 is 26.4 Å². The van der Waals surface area contributed by atoms with Crippen molar-refractivity contribution in [1.29, 1.82) is 0 Å². The average molecular weight is 523 g/mol. The van der Waals surface area contributed by atoms with Gasteiger partial charge in [0.15, 0.2) is 0 Å². The second-order valence-electron chi connectivity index (χ2n) is 9.59. The third kappa shape index (κ3) is 43.5. The van der Waals surface area contributed by atoms with E-state index < -0.39 is 10.4 Å². The first-order valence-corrected chi connectivity index (χ1v) is 15.1. The zero-order valence-electron chi connectivity index (χ0n) is 23.9. The fraction of sp³-hybridized carbons (Fsp3) is 0.889. The Kier molecular flexibility index (Phi) is 30.4. The highest BCUT2D eigenvalue weighted by atomic mass is 32.3. The van der Waals surface area contributed by atoms with Crippen molar-refractivity contribution in [2.24, 2.45) is 5.73 Å². The van der Waals surface area contributed by atoms with Gasteiger partial charge in [0.05, 0.1) is 33.8 Å². The first-order valence-electron chi connectivity index (χ1n) is 13.8. The summed E-state index contributed by atoms with van der Waals surface area (Å²) in [4.78, 5) is 10.5. The predicted molar refractivity (Wildman–Crippen MR) is 148 cm³/mol. The molecule has 0 aliphatic heterocycles. The van der Waals surface area contributed by atoms with Crippen LogP contribution in [-0.4, -0.2) is 57.2 Å². The van der Waals surface area contributed by atoms with Crippen LogP contribution in [0, 0.1) is 0 Å². The smallest absolute Gasteiger partial charge is 0.217 e. The Morgan fingerprint density at radius 2 is 1.26 bits per heavy atom. The molecule has 0 heterocycles. The average Bonchev–Trinajstić information content (AvgIpc) is 2.76. The van der Waals surface area contributed by atoms with Crippen molar-refractivity contribution in [3.63, 3.8) is 0 Å². The molecule has 1 amide bonds. The summed E-state index contributed by atoms with van der Waals surface area (Å²) in [5, 5.41) is 0. The molecule has 0 spiro atoms. The van der Waals surface area contributed by atoms with Crippen LogP contribution in [0.1, 0.15) is 124 Å². The number of rotatable bonds is 20. The molecule has 0 saturated carbocycles. The Bertz CT molecular complexity index is 578. The molecule has 35 heavy (non-hydrogen) atoms. The zero-order valence-corrected chi connectivity index (χ0v) is 24.7. The number of primary amides is 1. The molecule has 0 aliphatic carbocycles. The minimum atomic E-state index is -4.42. The van der Waals surface area contributed by atoms with E-state index in [-0.39, 0.29) is 12.5 Å². The number of carbonyl (C=O) groups is 1. The lowest BCUT2D eigenvalue weighted by Gasteiger charge is -2.27. The van der Waals surface area contributed by atoms with Gasteiger partial charge in [0.1, 0.15) is 0 Å². The summed E-state index contributed by atoms with van der Waals surface area (Å²) in [5.41, 5.74) is 5.10. The van der Waals surface area contributed by atoms with Crippen LogP contribution in [0.2, 0.25) is 0 Å². The quantitative estimate of drug-likeness (QED) is 0.0646. The van der Waals surface area contributed by atoms with Gasteiger partial charge in [-0.3, -0.25) is 8.98 Å². The fourth-order valence-electron chi connectivity index (χ4n) is 3.28. The number of allylic oxidation sites excluding steroid dienone is 2. The standard InChI is InChI=1S/C18H35NO.C7H18N.C2H6O4S/c1-2-3-4-5-6-7-8-9-10-11-12-13-14-15-16-17-18(19)20;1-5-7-8(3,4)6-2;1-2-6-7(3,4)5/h9-10H,2-8,11-17H2,1H3,(H2,19,20);5-7H2,1-4H3;2H2,1H3,(H,3,4,5)/q;+1;/p-1/b10-9-;;. The number of unbranched alkanes of at least 4 members (excludes halogenated alkanes) is 11. The first-order chi connectivity index (χ1) is 16.5. The fourth-order valence-corrected chi connectivity index (χ4v) is 3.57. The summed E-state index contributed by atoms with van der Waals surface area (Å²) in [6.45, 7) is 10.6. The Morgan fingerprint density at radius 3 is 1.57 bits per heavy atom. The number of nitrogens with two attached hydrogens (primary N) is 1. The van der Waals surface area contributed by atoms with Crippen molar-refractivity contribution in [2.45, 2.75) is 124 Å². The van der Waals surface area contributed by atoms with Gasteiger partial charge in [-0.05, 0) is 52.4 Å². The summed E-state index contributed by atoms with van der Waals surface area (Å²) in [6.07, 6.45) is 23.2. The van der Waals surface area contributed by atoms with Crippen LogP contribution in [0.4, 0.5) is 0 Å². The molecule has 0 saturated heterocycles. The lowest BCUT2D eigenvalue weighted by atomic mass is 10.1. The summed E-state index contributed by atoms with van der Waals surface area (Å²) in [5.74, 6) is -0.164. The highest BCUT2D eigenvalue weighted by Crippen LogP contribution is 2.09. The second-order valence-corrected chi connectivity index (χ2v) is 10.6. The lowest BCUT2D eigenvalue weighted by molar-refractivity contribution is -0.888. The van der Waals surface area contributed by atoms with Crippen molar-refractivity contribution in [3.8, 4) is 0 Å². The first kappa shape index (κ1) is 38.6. The lowest BCUT2D eigenvalue weighted by Crippen LogP contribution is -2.39. The molecule has 0 aliphatic rings. The molecule has 0 rings (SSSR count). The van der Waals surface area contributed by atoms with E-state index in [2.05, 4.69) is 51.2 Å². The molecular formula is C27H58N2O5S. The molecule has 0 aromatic heterocycles. The number of nitrogens with zero attached hydrogens (tertiary/aromatic N) is 1. The normalized spacial score (nSPS) is 11.5. The Balaban J connectivity index is -0.000000557. The Labute approximate surface area is 218 Å². The van der Waals surface area contributed by atoms with Gasteiger partial charge in [-0.15, -0.1) is 0 Å². The Hall–Kier alpha value is -0.960. The van der Waals surface area contributed by atoms with E-state index in [1.165, 1.54) is 97.1 Å². The van der Waals surface area contributed by atoms with Gasteiger partial charge < -0.3 is 14.8 Å². The van der Waals surface area contributed by atoms with E-state index in [1.54, 1.807) is 0 Å². The van der Waals surface area contributed by atoms with Gasteiger partial charge in [0, 0.05) is 6.42 Å². The molecule has 0 radical (unpaired) electrons. The summed E-state index contributed by atoms with van der Waals surface area (Å²) in [6, 6.07) is 0. The molecule has 0 atom stereocenters. The third-order valence-electron chi connectivity index (χ3n) is 5.63. The maximum absolute atomic E-state index is 10.5. The monoisotopic (exact) mass is 522 g/mol. The zero-order chi connectivity index (χ0) is 27.4. The molecule has 0 bridgehead atoms. The van der Waals surface area contributed by atoms with E-state index in [4.69, 9.17) is 5.73 Å². The van der Waals surface area contributed by atoms with Crippen LogP contribution in [0.5, 0.6) is 0 Å². The molecule has 0 aromatic carbocycles. The molecule has 2 N–H and O–H groups in total.